The summed E-state index contributed by atoms with van der Waals surface area (Å²) in [6.07, 6.45) is 4.52. The Kier molecular flexibility index (Phi) is 7.53. The highest BCUT2D eigenvalue weighted by atomic mass is 35.5. The van der Waals surface area contributed by atoms with Crippen molar-refractivity contribution in [1.29, 1.82) is 0 Å². The molecule has 1 aromatic carbocycles. The van der Waals surface area contributed by atoms with Gasteiger partial charge in [-0.3, -0.25) is 4.79 Å². The van der Waals surface area contributed by atoms with Crippen molar-refractivity contribution in [3.05, 3.63) is 41.4 Å². The van der Waals surface area contributed by atoms with Crippen LogP contribution in [0.3, 0.4) is 0 Å². The van der Waals surface area contributed by atoms with E-state index in [0.29, 0.717) is 44.2 Å². The van der Waals surface area contributed by atoms with Crippen molar-refractivity contribution in [3.8, 4) is 5.75 Å². The molecule has 3 saturated heterocycles. The highest BCUT2D eigenvalue weighted by Gasteiger charge is 2.32. The standard InChI is InChI=1S/C25H31ClFN5O3/c26-19-1-2-22(21(27)15-19)35-20-5-9-32(10-6-20)25(33)18-3-7-30(8-4-18)23-16-24(29-17-28-23)31-11-13-34-14-12-31/h1-2,15-18,20H,3-14H2. The number of nitrogens with zero attached hydrogens (tertiary/aromatic N) is 5. The Balaban J connectivity index is 1.10. The Morgan fingerprint density at radius 3 is 2.26 bits per heavy atom. The minimum atomic E-state index is -0.455. The second kappa shape index (κ2) is 11.0. The first-order valence-corrected chi connectivity index (χ1v) is 12.7. The number of ether oxygens (including phenoxy) is 2. The molecule has 2 aromatic rings. The number of amides is 1. The summed E-state index contributed by atoms with van der Waals surface area (Å²) in [5.41, 5.74) is 0. The smallest absolute Gasteiger partial charge is 0.225 e. The molecule has 3 fully saturated rings. The van der Waals surface area contributed by atoms with Gasteiger partial charge in [-0.2, -0.15) is 0 Å². The Morgan fingerprint density at radius 2 is 1.60 bits per heavy atom. The van der Waals surface area contributed by atoms with Gasteiger partial charge in [-0.25, -0.2) is 14.4 Å². The molecule has 0 N–H and O–H groups in total. The molecule has 8 nitrogen and oxygen atoms in total. The largest absolute Gasteiger partial charge is 0.487 e. The van der Waals surface area contributed by atoms with Crippen LogP contribution < -0.4 is 14.5 Å². The number of carbonyl (C=O) groups excluding carboxylic acids is 1. The molecule has 0 saturated carbocycles. The first-order valence-electron chi connectivity index (χ1n) is 12.4. The van der Waals surface area contributed by atoms with Crippen LogP contribution in [0, 0.1) is 11.7 Å². The molecular formula is C25H31ClFN5O3. The highest BCUT2D eigenvalue weighted by molar-refractivity contribution is 6.30. The predicted molar refractivity (Wildman–Crippen MR) is 132 cm³/mol. The number of hydrogen-bond donors (Lipinski definition) is 0. The Bertz CT molecular complexity index is 1020. The number of halogens is 2. The Labute approximate surface area is 210 Å². The summed E-state index contributed by atoms with van der Waals surface area (Å²) in [5, 5.41) is 0.346. The minimum absolute atomic E-state index is 0.0259. The summed E-state index contributed by atoms with van der Waals surface area (Å²) < 4.78 is 25.3. The first kappa shape index (κ1) is 24.1. The van der Waals surface area contributed by atoms with E-state index >= 15 is 0 Å². The lowest BCUT2D eigenvalue weighted by Gasteiger charge is -2.37. The summed E-state index contributed by atoms with van der Waals surface area (Å²) in [5.74, 6) is 1.85. The van der Waals surface area contributed by atoms with Gasteiger partial charge in [0.25, 0.3) is 0 Å². The number of aromatic nitrogens is 2. The monoisotopic (exact) mass is 503 g/mol. The van der Waals surface area contributed by atoms with E-state index in [-0.39, 0.29) is 23.7 Å². The van der Waals surface area contributed by atoms with Crippen LogP contribution in [0.25, 0.3) is 0 Å². The lowest BCUT2D eigenvalue weighted by atomic mass is 9.94. The van der Waals surface area contributed by atoms with Gasteiger partial charge < -0.3 is 24.2 Å². The number of likely N-dealkylation sites (tertiary alicyclic amines) is 1. The molecule has 3 aliphatic heterocycles. The Hall–Kier alpha value is -2.65. The second-order valence-electron chi connectivity index (χ2n) is 9.31. The zero-order chi connectivity index (χ0) is 24.2. The van der Waals surface area contributed by atoms with E-state index in [1.165, 1.54) is 6.07 Å². The maximum Gasteiger partial charge on any atom is 0.225 e. The van der Waals surface area contributed by atoms with E-state index in [1.54, 1.807) is 18.5 Å². The number of morpholine rings is 1. The minimum Gasteiger partial charge on any atom is -0.487 e. The summed E-state index contributed by atoms with van der Waals surface area (Å²) in [7, 11) is 0. The fourth-order valence-corrected chi connectivity index (χ4v) is 5.19. The topological polar surface area (TPSA) is 71.0 Å². The third-order valence-corrected chi connectivity index (χ3v) is 7.32. The number of piperidine rings is 2. The van der Waals surface area contributed by atoms with Crippen molar-refractivity contribution in [1.82, 2.24) is 14.9 Å². The summed E-state index contributed by atoms with van der Waals surface area (Å²) >= 11 is 5.82. The van der Waals surface area contributed by atoms with Gasteiger partial charge in [-0.05, 0) is 31.0 Å². The number of carbonyl (C=O) groups is 1. The molecule has 0 aliphatic carbocycles. The van der Waals surface area contributed by atoms with E-state index in [2.05, 4.69) is 19.8 Å². The number of rotatable bonds is 5. The van der Waals surface area contributed by atoms with Crippen LogP contribution in [-0.4, -0.2) is 79.4 Å². The van der Waals surface area contributed by atoms with Gasteiger partial charge >= 0.3 is 0 Å². The van der Waals surface area contributed by atoms with Gasteiger partial charge in [-0.15, -0.1) is 0 Å². The van der Waals surface area contributed by atoms with Crippen molar-refractivity contribution < 1.29 is 18.7 Å². The summed E-state index contributed by atoms with van der Waals surface area (Å²) in [6.45, 7) is 5.97. The zero-order valence-corrected chi connectivity index (χ0v) is 20.5. The third-order valence-electron chi connectivity index (χ3n) is 7.08. The van der Waals surface area contributed by atoms with Gasteiger partial charge in [-0.1, -0.05) is 11.6 Å². The fourth-order valence-electron chi connectivity index (χ4n) is 5.03. The van der Waals surface area contributed by atoms with E-state index < -0.39 is 5.82 Å². The molecule has 5 rings (SSSR count). The quantitative estimate of drug-likeness (QED) is 0.619. The first-order chi connectivity index (χ1) is 17.1. The van der Waals surface area contributed by atoms with Crippen LogP contribution in [0.1, 0.15) is 25.7 Å². The lowest BCUT2D eigenvalue weighted by molar-refractivity contribution is -0.138. The molecular weight excluding hydrogens is 473 g/mol. The number of benzene rings is 1. The van der Waals surface area contributed by atoms with Crippen LogP contribution in [0.2, 0.25) is 5.02 Å². The van der Waals surface area contributed by atoms with Crippen molar-refractivity contribution in [2.45, 2.75) is 31.8 Å². The maximum absolute atomic E-state index is 14.0. The van der Waals surface area contributed by atoms with Gasteiger partial charge in [0.1, 0.15) is 24.1 Å². The van der Waals surface area contributed by atoms with Crippen LogP contribution in [0.5, 0.6) is 5.75 Å². The van der Waals surface area contributed by atoms with E-state index in [9.17, 15) is 9.18 Å². The van der Waals surface area contributed by atoms with Crippen molar-refractivity contribution in [2.24, 2.45) is 5.92 Å². The molecule has 0 bridgehead atoms. The van der Waals surface area contributed by atoms with Gasteiger partial charge in [0.15, 0.2) is 11.6 Å². The molecule has 1 aromatic heterocycles. The van der Waals surface area contributed by atoms with Crippen molar-refractivity contribution >= 4 is 29.1 Å². The lowest BCUT2D eigenvalue weighted by Crippen LogP contribution is -2.47. The molecule has 4 heterocycles. The summed E-state index contributed by atoms with van der Waals surface area (Å²) in [6, 6.07) is 6.48. The van der Waals surface area contributed by atoms with Gasteiger partial charge in [0, 0.05) is 69.1 Å². The zero-order valence-electron chi connectivity index (χ0n) is 19.7. The maximum atomic E-state index is 14.0. The van der Waals surface area contributed by atoms with Gasteiger partial charge in [0.2, 0.25) is 5.91 Å². The summed E-state index contributed by atoms with van der Waals surface area (Å²) in [4.78, 5) is 28.5. The van der Waals surface area contributed by atoms with Gasteiger partial charge in [0.05, 0.1) is 13.2 Å². The molecule has 35 heavy (non-hydrogen) atoms. The van der Waals surface area contributed by atoms with Crippen LogP contribution in [0.4, 0.5) is 16.0 Å². The molecule has 3 aliphatic rings. The molecule has 0 radical (unpaired) electrons. The SMILES string of the molecule is O=C(C1CCN(c2cc(N3CCOCC3)ncn2)CC1)N1CCC(Oc2ccc(Cl)cc2F)CC1. The molecule has 188 valence electrons. The molecule has 0 spiro atoms. The highest BCUT2D eigenvalue weighted by Crippen LogP contribution is 2.28. The molecule has 0 unspecified atom stereocenters. The molecule has 0 atom stereocenters. The predicted octanol–water partition coefficient (Wildman–Crippen LogP) is 3.39. The van der Waals surface area contributed by atoms with Crippen LogP contribution >= 0.6 is 11.6 Å². The van der Waals surface area contributed by atoms with Crippen LogP contribution in [0.15, 0.2) is 30.6 Å². The average Bonchev–Trinajstić information content (AvgIpc) is 2.91. The molecule has 1 amide bonds. The average molecular weight is 504 g/mol. The van der Waals surface area contributed by atoms with E-state index in [4.69, 9.17) is 21.1 Å². The van der Waals surface area contributed by atoms with E-state index in [1.807, 2.05) is 11.0 Å². The third kappa shape index (κ3) is 5.78. The normalized spacial score (nSPS) is 20.2. The van der Waals surface area contributed by atoms with Crippen LogP contribution in [-0.2, 0) is 9.53 Å². The fraction of sp³-hybridized carbons (Fsp3) is 0.560. The number of hydrogen-bond acceptors (Lipinski definition) is 7. The van der Waals surface area contributed by atoms with Crippen molar-refractivity contribution in [2.75, 3.05) is 62.3 Å². The number of anilines is 2. The second-order valence-corrected chi connectivity index (χ2v) is 9.75. The van der Waals surface area contributed by atoms with Crippen molar-refractivity contribution in [3.63, 3.8) is 0 Å². The molecule has 10 heteroatoms. The Morgan fingerprint density at radius 1 is 0.943 bits per heavy atom. The van der Waals surface area contributed by atoms with E-state index in [0.717, 1.165) is 50.7 Å².